The molecular weight excluding hydrogens is 708 g/mol. The number of amides is 8. The molecule has 8 amide bonds. The predicted molar refractivity (Wildman–Crippen MR) is 162 cm³/mol. The Morgan fingerprint density at radius 3 is 1.73 bits per heavy atom. The van der Waals surface area contributed by atoms with Gasteiger partial charge in [-0.15, -0.1) is 0 Å². The number of hydrogen-bond donors (Lipinski definition) is 2. The molecule has 2 aliphatic heterocycles. The lowest BCUT2D eigenvalue weighted by molar-refractivity contribution is -0.132. The lowest BCUT2D eigenvalue weighted by Gasteiger charge is -2.31. The van der Waals surface area contributed by atoms with Gasteiger partial charge in [-0.1, -0.05) is 12.1 Å². The Hall–Kier alpha value is -3.92. The smallest absolute Gasteiger partial charge is 0.425 e. The van der Waals surface area contributed by atoms with Crippen LogP contribution in [0.15, 0.2) is 45.6 Å². The van der Waals surface area contributed by atoms with Gasteiger partial charge in [0.1, 0.15) is 20.4 Å². The average molecular weight is 740 g/mol. The average Bonchev–Trinajstić information content (AvgIpc) is 3.25. The predicted octanol–water partition coefficient (Wildman–Crippen LogP) is 5.09. The van der Waals surface area contributed by atoms with Gasteiger partial charge in [-0.25, -0.2) is 34.0 Å². The summed E-state index contributed by atoms with van der Waals surface area (Å²) in [6, 6.07) is 8.24. The first kappa shape index (κ1) is 34.6. The molecule has 4 heterocycles. The number of ether oxygens (including phenoxy) is 2. The third-order valence-electron chi connectivity index (χ3n) is 6.09. The van der Waals surface area contributed by atoms with Crippen molar-refractivity contribution in [3.8, 4) is 0 Å². The molecule has 16 heteroatoms. The summed E-state index contributed by atoms with van der Waals surface area (Å²) in [6.07, 6.45) is -2.26. The Bertz CT molecular complexity index is 1540. The number of nitrogens with one attached hydrogen (secondary N) is 2. The summed E-state index contributed by atoms with van der Waals surface area (Å²) in [5.41, 5.74) is -4.30. The fourth-order valence-electron chi connectivity index (χ4n) is 4.04. The lowest BCUT2D eigenvalue weighted by atomic mass is 9.95. The number of carbonyl (C=O) groups excluding carboxylic acids is 6. The van der Waals surface area contributed by atoms with Crippen molar-refractivity contribution in [2.24, 2.45) is 0 Å². The Morgan fingerprint density at radius 2 is 1.27 bits per heavy atom. The molecule has 44 heavy (non-hydrogen) atoms. The van der Waals surface area contributed by atoms with E-state index in [0.717, 1.165) is 0 Å². The Kier molecular flexibility index (Phi) is 9.61. The SMILES string of the molecule is CC(C)(C)OC(=O)N1C(=O)N(C(=O)OC(C)(C)C)C(C)(c2cccc(Br)n2)C1=O.CC1(c2cccc(Br)n2)NC(=O)NC1=O. The van der Waals surface area contributed by atoms with E-state index < -0.39 is 58.3 Å². The number of nitrogens with zero attached hydrogens (tertiary/aromatic N) is 4. The van der Waals surface area contributed by atoms with Crippen LogP contribution in [0.25, 0.3) is 0 Å². The van der Waals surface area contributed by atoms with Gasteiger partial charge in [-0.05, 0) is 112 Å². The van der Waals surface area contributed by atoms with Gasteiger partial charge >= 0.3 is 24.2 Å². The topological polar surface area (TPSA) is 177 Å². The van der Waals surface area contributed by atoms with Gasteiger partial charge in [0, 0.05) is 0 Å². The quantitative estimate of drug-likeness (QED) is 0.312. The van der Waals surface area contributed by atoms with Crippen LogP contribution in [0, 0.1) is 0 Å². The molecule has 0 radical (unpaired) electrons. The zero-order valence-electron chi connectivity index (χ0n) is 25.3. The molecular formula is C28H32Br2N6O8. The molecule has 2 unspecified atom stereocenters. The van der Waals surface area contributed by atoms with Gasteiger partial charge < -0.3 is 14.8 Å². The highest BCUT2D eigenvalue weighted by atomic mass is 79.9. The second-order valence-corrected chi connectivity index (χ2v) is 13.6. The summed E-state index contributed by atoms with van der Waals surface area (Å²) in [6.45, 7) is 12.6. The third kappa shape index (κ3) is 7.23. The van der Waals surface area contributed by atoms with E-state index >= 15 is 0 Å². The summed E-state index contributed by atoms with van der Waals surface area (Å²) < 4.78 is 11.5. The van der Waals surface area contributed by atoms with E-state index in [1.165, 1.54) is 13.0 Å². The van der Waals surface area contributed by atoms with Gasteiger partial charge in [-0.3, -0.25) is 14.9 Å². The number of carbonyl (C=O) groups is 6. The Morgan fingerprint density at radius 1 is 0.795 bits per heavy atom. The van der Waals surface area contributed by atoms with Crippen molar-refractivity contribution < 1.29 is 38.2 Å². The van der Waals surface area contributed by atoms with E-state index in [1.54, 1.807) is 78.8 Å². The molecule has 2 N–H and O–H groups in total. The third-order valence-corrected chi connectivity index (χ3v) is 6.97. The number of halogens is 2. The van der Waals surface area contributed by atoms with Crippen molar-refractivity contribution >= 4 is 67.9 Å². The molecule has 2 fully saturated rings. The lowest BCUT2D eigenvalue weighted by Crippen LogP contribution is -2.50. The number of pyridine rings is 2. The normalized spacial score (nSPS) is 21.8. The Balaban J connectivity index is 0.000000293. The van der Waals surface area contributed by atoms with E-state index in [4.69, 9.17) is 9.47 Å². The van der Waals surface area contributed by atoms with Crippen LogP contribution in [0.5, 0.6) is 0 Å². The number of aromatic nitrogens is 2. The maximum Gasteiger partial charge on any atom is 0.425 e. The summed E-state index contributed by atoms with van der Waals surface area (Å²) in [4.78, 5) is 83.6. The van der Waals surface area contributed by atoms with E-state index in [1.807, 2.05) is 0 Å². The van der Waals surface area contributed by atoms with Crippen LogP contribution in [0.3, 0.4) is 0 Å². The van der Waals surface area contributed by atoms with E-state index in [2.05, 4.69) is 52.5 Å². The first-order chi connectivity index (χ1) is 20.1. The summed E-state index contributed by atoms with van der Waals surface area (Å²) in [5, 5.41) is 4.72. The van der Waals surface area contributed by atoms with Crippen LogP contribution in [0.2, 0.25) is 0 Å². The van der Waals surface area contributed by atoms with Crippen molar-refractivity contribution in [2.45, 2.75) is 77.7 Å². The molecule has 2 atom stereocenters. The highest BCUT2D eigenvalue weighted by Gasteiger charge is 2.63. The standard InChI is InChI=1S/C19H24BrN3O6.C9H8BrN3O2/c1-17(2,3)28-15(26)22-13(24)19(7,11-9-8-10-12(20)21-11)23(14(22)25)16(27)29-18(4,5)6;1-9(7(14)12-8(15)13-9)5-3-2-4-6(10)11-5/h8-10H,1-7H3;2-4H,1H3,(H2,12,13,14,15). The molecule has 2 aliphatic rings. The van der Waals surface area contributed by atoms with Crippen molar-refractivity contribution in [3.05, 3.63) is 57.0 Å². The van der Waals surface area contributed by atoms with Crippen LogP contribution in [0.4, 0.5) is 19.2 Å². The summed E-state index contributed by atoms with van der Waals surface area (Å²) in [7, 11) is 0. The van der Waals surface area contributed by atoms with Gasteiger partial charge in [-0.2, -0.15) is 4.90 Å². The van der Waals surface area contributed by atoms with Crippen LogP contribution in [-0.4, -0.2) is 67.0 Å². The van der Waals surface area contributed by atoms with Gasteiger partial charge in [0.2, 0.25) is 0 Å². The number of urea groups is 2. The second-order valence-electron chi connectivity index (χ2n) is 12.0. The minimum Gasteiger partial charge on any atom is -0.443 e. The highest BCUT2D eigenvalue weighted by Crippen LogP contribution is 2.38. The number of hydrogen-bond acceptors (Lipinski definition) is 10. The molecule has 0 saturated carbocycles. The van der Waals surface area contributed by atoms with E-state index in [0.29, 0.717) is 24.7 Å². The fourth-order valence-corrected chi connectivity index (χ4v) is 4.73. The van der Waals surface area contributed by atoms with Crippen molar-refractivity contribution in [3.63, 3.8) is 0 Å². The van der Waals surface area contributed by atoms with Crippen molar-refractivity contribution in [1.29, 1.82) is 0 Å². The maximum absolute atomic E-state index is 13.3. The van der Waals surface area contributed by atoms with Crippen molar-refractivity contribution in [2.75, 3.05) is 0 Å². The van der Waals surface area contributed by atoms with Crippen LogP contribution < -0.4 is 10.6 Å². The minimum absolute atomic E-state index is 0.0853. The van der Waals surface area contributed by atoms with Crippen LogP contribution in [-0.2, 0) is 30.1 Å². The monoisotopic (exact) mass is 738 g/mol. The van der Waals surface area contributed by atoms with Crippen LogP contribution in [0.1, 0.15) is 66.8 Å². The van der Waals surface area contributed by atoms with Gasteiger partial charge in [0.15, 0.2) is 11.1 Å². The summed E-state index contributed by atoms with van der Waals surface area (Å²) >= 11 is 6.42. The van der Waals surface area contributed by atoms with E-state index in [9.17, 15) is 28.8 Å². The number of imide groups is 5. The van der Waals surface area contributed by atoms with Crippen molar-refractivity contribution in [1.82, 2.24) is 30.4 Å². The molecule has 0 bridgehead atoms. The molecule has 0 aliphatic carbocycles. The van der Waals surface area contributed by atoms with E-state index in [-0.39, 0.29) is 5.69 Å². The van der Waals surface area contributed by atoms with Gasteiger partial charge in [0.25, 0.3) is 11.8 Å². The molecule has 4 rings (SSSR count). The highest BCUT2D eigenvalue weighted by molar-refractivity contribution is 9.10. The van der Waals surface area contributed by atoms with Crippen LogP contribution >= 0.6 is 31.9 Å². The molecule has 2 aromatic rings. The molecule has 236 valence electrons. The maximum atomic E-state index is 13.3. The fraction of sp³-hybridized carbons (Fsp3) is 0.429. The zero-order valence-corrected chi connectivity index (χ0v) is 28.4. The largest absolute Gasteiger partial charge is 0.443 e. The number of rotatable bonds is 2. The molecule has 0 spiro atoms. The summed E-state index contributed by atoms with van der Waals surface area (Å²) in [5.74, 6) is -1.36. The second kappa shape index (κ2) is 12.2. The van der Waals surface area contributed by atoms with Gasteiger partial charge in [0.05, 0.1) is 11.4 Å². The Labute approximate surface area is 270 Å². The molecule has 14 nitrogen and oxygen atoms in total. The molecule has 2 saturated heterocycles. The minimum atomic E-state index is -1.90. The molecule has 0 aromatic carbocycles. The first-order valence-corrected chi connectivity index (χ1v) is 14.7. The molecule has 2 aromatic heterocycles. The first-order valence-electron chi connectivity index (χ1n) is 13.1. The zero-order chi connectivity index (χ0) is 33.4.